The highest BCUT2D eigenvalue weighted by Gasteiger charge is 2.36. The van der Waals surface area contributed by atoms with Crippen LogP contribution in [0.1, 0.15) is 30.5 Å². The zero-order valence-corrected chi connectivity index (χ0v) is 25.9. The number of carbonyl (C=O) groups is 1. The van der Waals surface area contributed by atoms with Crippen LogP contribution in [-0.2, 0) is 17.6 Å². The number of esters is 1. The van der Waals surface area contributed by atoms with Crippen LogP contribution in [0.2, 0.25) is 10.0 Å². The minimum absolute atomic E-state index is 0.0883. The SMILES string of the molecule is C=C/C=C/C(C)(C)C(=O)Oc1c(/C(N)=C/C(=C\N)C(F)(F)F)ccc(OCc2ccc(Cl)cc2)c1-c1ccc(Cl)c(C(F)(F)F)c1. The molecule has 0 saturated carbocycles. The van der Waals surface area contributed by atoms with Crippen LogP contribution in [0.15, 0.2) is 97.3 Å². The van der Waals surface area contributed by atoms with Gasteiger partial charge in [0, 0.05) is 22.5 Å². The van der Waals surface area contributed by atoms with Crippen molar-refractivity contribution >= 4 is 34.9 Å². The van der Waals surface area contributed by atoms with Crippen molar-refractivity contribution in [2.24, 2.45) is 16.9 Å². The highest BCUT2D eigenvalue weighted by molar-refractivity contribution is 6.31. The average Bonchev–Trinajstić information content (AvgIpc) is 2.97. The van der Waals surface area contributed by atoms with Crippen molar-refractivity contribution in [3.05, 3.63) is 124 Å². The van der Waals surface area contributed by atoms with Crippen LogP contribution >= 0.6 is 23.2 Å². The van der Waals surface area contributed by atoms with Gasteiger partial charge in [0.05, 0.1) is 27.1 Å². The number of allylic oxidation sites excluding steroid dienone is 4. The molecule has 0 aliphatic rings. The fraction of sp³-hybridized carbons (Fsp3) is 0.182. The largest absolute Gasteiger partial charge is 0.488 e. The first kappa shape index (κ1) is 36.1. The Morgan fingerprint density at radius 1 is 0.978 bits per heavy atom. The molecule has 0 amide bonds. The number of hydrogen-bond acceptors (Lipinski definition) is 5. The van der Waals surface area contributed by atoms with Gasteiger partial charge in [0.25, 0.3) is 0 Å². The second-order valence-corrected chi connectivity index (χ2v) is 11.2. The maximum Gasteiger partial charge on any atom is 0.417 e. The summed E-state index contributed by atoms with van der Waals surface area (Å²) in [5.41, 5.74) is 6.81. The van der Waals surface area contributed by atoms with Gasteiger partial charge < -0.3 is 20.9 Å². The molecule has 0 fully saturated rings. The molecule has 244 valence electrons. The van der Waals surface area contributed by atoms with Gasteiger partial charge in [-0.05, 0) is 67.4 Å². The maximum absolute atomic E-state index is 14.0. The van der Waals surface area contributed by atoms with Crippen molar-refractivity contribution in [1.29, 1.82) is 0 Å². The molecule has 0 heterocycles. The molecule has 13 heteroatoms. The van der Waals surface area contributed by atoms with Crippen molar-refractivity contribution in [3.8, 4) is 22.6 Å². The highest BCUT2D eigenvalue weighted by Crippen LogP contribution is 2.46. The lowest BCUT2D eigenvalue weighted by Gasteiger charge is -2.24. The van der Waals surface area contributed by atoms with Crippen molar-refractivity contribution < 1.29 is 40.6 Å². The molecule has 0 aromatic heterocycles. The van der Waals surface area contributed by atoms with Gasteiger partial charge in [-0.25, -0.2) is 0 Å². The van der Waals surface area contributed by atoms with Crippen LogP contribution in [0.4, 0.5) is 26.3 Å². The summed E-state index contributed by atoms with van der Waals surface area (Å²) in [6, 6.07) is 11.9. The Morgan fingerprint density at radius 2 is 1.63 bits per heavy atom. The van der Waals surface area contributed by atoms with E-state index in [-0.39, 0.29) is 29.0 Å². The molecule has 3 aromatic rings. The third kappa shape index (κ3) is 8.88. The molecule has 3 aromatic carbocycles. The van der Waals surface area contributed by atoms with E-state index in [2.05, 4.69) is 6.58 Å². The van der Waals surface area contributed by atoms with E-state index in [9.17, 15) is 31.1 Å². The number of carbonyl (C=O) groups excluding carboxylic acids is 1. The minimum atomic E-state index is -4.91. The van der Waals surface area contributed by atoms with E-state index < -0.39 is 51.3 Å². The fourth-order valence-corrected chi connectivity index (χ4v) is 4.35. The summed E-state index contributed by atoms with van der Waals surface area (Å²) in [6.45, 7) is 6.40. The Labute approximate surface area is 271 Å². The molecular formula is C33H28Cl2F6N2O3. The molecule has 5 nitrogen and oxygen atoms in total. The van der Waals surface area contributed by atoms with Crippen LogP contribution in [-0.4, -0.2) is 12.1 Å². The van der Waals surface area contributed by atoms with Crippen LogP contribution in [0.3, 0.4) is 0 Å². The molecule has 0 radical (unpaired) electrons. The van der Waals surface area contributed by atoms with E-state index in [0.29, 0.717) is 28.9 Å². The molecule has 3 rings (SSSR count). The topological polar surface area (TPSA) is 87.6 Å². The van der Waals surface area contributed by atoms with E-state index in [4.69, 9.17) is 44.1 Å². The summed E-state index contributed by atoms with van der Waals surface area (Å²) in [5.74, 6) is -1.48. The molecule has 46 heavy (non-hydrogen) atoms. The molecule has 0 bridgehead atoms. The lowest BCUT2D eigenvalue weighted by atomic mass is 9.92. The van der Waals surface area contributed by atoms with Gasteiger partial charge in [0.2, 0.25) is 0 Å². The average molecular weight is 685 g/mol. The van der Waals surface area contributed by atoms with E-state index >= 15 is 0 Å². The van der Waals surface area contributed by atoms with Crippen LogP contribution in [0.5, 0.6) is 11.5 Å². The predicted octanol–water partition coefficient (Wildman–Crippen LogP) is 9.64. The molecule has 0 unspecified atom stereocenters. The number of benzene rings is 3. The smallest absolute Gasteiger partial charge is 0.417 e. The third-order valence-corrected chi connectivity index (χ3v) is 7.07. The quantitative estimate of drug-likeness (QED) is 0.0961. The summed E-state index contributed by atoms with van der Waals surface area (Å²) in [4.78, 5) is 13.5. The summed E-state index contributed by atoms with van der Waals surface area (Å²) >= 11 is 11.8. The van der Waals surface area contributed by atoms with Gasteiger partial charge in [0.15, 0.2) is 5.75 Å². The number of alkyl halides is 6. The highest BCUT2D eigenvalue weighted by atomic mass is 35.5. The standard InChI is InChI=1S/C33H28Cl2F6N2O3/c1-4-5-14-31(2,3)30(44)46-29-23(26(43)16-21(17-42)32(36,37)38)11-13-27(45-18-19-6-9-22(34)10-7-19)28(29)20-8-12-25(35)24(15-20)33(39,40)41/h4-17H,1,18,42-43H2,2-3H3/b14-5+,21-17+,26-16-. The second-order valence-electron chi connectivity index (χ2n) is 10.3. The lowest BCUT2D eigenvalue weighted by molar-refractivity contribution is -0.141. The maximum atomic E-state index is 14.0. The number of ether oxygens (including phenoxy) is 2. The van der Waals surface area contributed by atoms with Gasteiger partial charge in [-0.2, -0.15) is 26.3 Å². The molecule has 0 aliphatic heterocycles. The van der Waals surface area contributed by atoms with Crippen LogP contribution in [0.25, 0.3) is 16.8 Å². The summed E-state index contributed by atoms with van der Waals surface area (Å²) in [7, 11) is 0. The van der Waals surface area contributed by atoms with Crippen LogP contribution in [0, 0.1) is 5.41 Å². The van der Waals surface area contributed by atoms with E-state index in [1.807, 2.05) is 0 Å². The first-order valence-corrected chi connectivity index (χ1v) is 14.0. The Morgan fingerprint density at radius 3 is 2.20 bits per heavy atom. The molecule has 0 aliphatic carbocycles. The normalized spacial score (nSPS) is 13.2. The number of rotatable bonds is 10. The first-order chi connectivity index (χ1) is 21.4. The molecule has 0 spiro atoms. The predicted molar refractivity (Wildman–Crippen MR) is 167 cm³/mol. The number of hydrogen-bond donors (Lipinski definition) is 2. The van der Waals surface area contributed by atoms with E-state index in [1.165, 1.54) is 50.3 Å². The lowest BCUT2D eigenvalue weighted by Crippen LogP contribution is -2.27. The Hall–Kier alpha value is -4.35. The Bertz CT molecular complexity index is 1690. The van der Waals surface area contributed by atoms with Crippen molar-refractivity contribution in [1.82, 2.24) is 0 Å². The zero-order chi connectivity index (χ0) is 34.4. The van der Waals surface area contributed by atoms with Gasteiger partial charge in [-0.15, -0.1) is 0 Å². The Balaban J connectivity index is 2.39. The zero-order valence-electron chi connectivity index (χ0n) is 24.4. The summed E-state index contributed by atoms with van der Waals surface area (Å²) in [6.07, 6.45) is -4.67. The van der Waals surface area contributed by atoms with Crippen molar-refractivity contribution in [3.63, 3.8) is 0 Å². The van der Waals surface area contributed by atoms with E-state index in [0.717, 1.165) is 6.07 Å². The minimum Gasteiger partial charge on any atom is -0.488 e. The molecule has 0 atom stereocenters. The number of nitrogens with two attached hydrogens (primary N) is 2. The van der Waals surface area contributed by atoms with Gasteiger partial charge >= 0.3 is 18.3 Å². The monoisotopic (exact) mass is 684 g/mol. The third-order valence-electron chi connectivity index (χ3n) is 6.49. The summed E-state index contributed by atoms with van der Waals surface area (Å²) < 4.78 is 94.4. The molecule has 0 saturated heterocycles. The summed E-state index contributed by atoms with van der Waals surface area (Å²) in [5, 5.41) is -0.170. The second kappa shape index (κ2) is 14.4. The number of halogens is 8. The molecule has 4 N–H and O–H groups in total. The molecular weight excluding hydrogens is 657 g/mol. The van der Waals surface area contributed by atoms with Crippen molar-refractivity contribution in [2.75, 3.05) is 0 Å². The first-order valence-electron chi connectivity index (χ1n) is 13.3. The Kier molecular flexibility index (Phi) is 11.3. The van der Waals surface area contributed by atoms with Gasteiger partial charge in [-0.3, -0.25) is 4.79 Å². The van der Waals surface area contributed by atoms with Crippen molar-refractivity contribution in [2.45, 2.75) is 32.8 Å². The fourth-order valence-electron chi connectivity index (χ4n) is 4.00. The van der Waals surface area contributed by atoms with Crippen LogP contribution < -0.4 is 20.9 Å². The van der Waals surface area contributed by atoms with E-state index in [1.54, 1.807) is 24.3 Å². The van der Waals surface area contributed by atoms with Gasteiger partial charge in [-0.1, -0.05) is 66.2 Å². The van der Waals surface area contributed by atoms with Gasteiger partial charge in [0.1, 0.15) is 12.4 Å².